The lowest BCUT2D eigenvalue weighted by Crippen LogP contribution is -2.05. The van der Waals surface area contributed by atoms with Gasteiger partial charge in [-0.1, -0.05) is 12.1 Å². The highest BCUT2D eigenvalue weighted by atomic mass is 79.9. The molecule has 0 saturated carbocycles. The Balaban J connectivity index is 3.04. The van der Waals surface area contributed by atoms with Crippen molar-refractivity contribution in [2.45, 2.75) is 13.1 Å². The first-order valence-electron chi connectivity index (χ1n) is 5.17. The number of carbonyl (C=O) groups is 1. The molecule has 104 valence electrons. The third kappa shape index (κ3) is 4.35. The number of ether oxygens (including phenoxy) is 1. The van der Waals surface area contributed by atoms with Crippen LogP contribution in [0.3, 0.4) is 0 Å². The largest absolute Gasteiger partial charge is 0.462 e. The molecule has 0 atom stereocenters. The van der Waals surface area contributed by atoms with Gasteiger partial charge in [-0.3, -0.25) is 0 Å². The molecule has 0 aliphatic carbocycles. The number of alkyl halides is 3. The van der Waals surface area contributed by atoms with Crippen molar-refractivity contribution in [2.75, 3.05) is 6.61 Å². The lowest BCUT2D eigenvalue weighted by atomic mass is 10.1. The number of rotatable bonds is 3. The average molecular weight is 402 g/mol. The maximum atomic E-state index is 12.4. The van der Waals surface area contributed by atoms with Crippen LogP contribution in [0.15, 0.2) is 28.7 Å². The molecular formula is C12H9Br2F3O2. The van der Waals surface area contributed by atoms with Gasteiger partial charge in [0, 0.05) is 4.48 Å². The molecular weight excluding hydrogens is 393 g/mol. The van der Waals surface area contributed by atoms with E-state index >= 15 is 0 Å². The van der Waals surface area contributed by atoms with E-state index in [1.54, 1.807) is 6.92 Å². The maximum absolute atomic E-state index is 12.4. The number of halogens is 5. The molecule has 0 aromatic heterocycles. The van der Waals surface area contributed by atoms with Gasteiger partial charge in [0.25, 0.3) is 0 Å². The van der Waals surface area contributed by atoms with Gasteiger partial charge in [-0.05, 0) is 56.5 Å². The second kappa shape index (κ2) is 6.56. The monoisotopic (exact) mass is 400 g/mol. The highest BCUT2D eigenvalue weighted by Gasteiger charge is 2.30. The van der Waals surface area contributed by atoms with Crippen molar-refractivity contribution in [3.8, 4) is 0 Å². The second-order valence-corrected chi connectivity index (χ2v) is 5.01. The molecule has 0 spiro atoms. The summed E-state index contributed by atoms with van der Waals surface area (Å²) in [5, 5.41) is 0. The number of hydrogen-bond donors (Lipinski definition) is 0. The fourth-order valence-electron chi connectivity index (χ4n) is 1.22. The van der Waals surface area contributed by atoms with Crippen LogP contribution >= 0.6 is 31.9 Å². The summed E-state index contributed by atoms with van der Waals surface area (Å²) in [6.45, 7) is 1.87. The van der Waals surface area contributed by atoms with Crippen LogP contribution in [-0.2, 0) is 15.7 Å². The van der Waals surface area contributed by atoms with Gasteiger partial charge in [0.2, 0.25) is 0 Å². The number of hydrogen-bond acceptors (Lipinski definition) is 2. The first-order chi connectivity index (χ1) is 8.77. The van der Waals surface area contributed by atoms with E-state index in [4.69, 9.17) is 4.74 Å². The fourth-order valence-corrected chi connectivity index (χ4v) is 1.99. The van der Waals surface area contributed by atoms with Gasteiger partial charge in [-0.15, -0.1) is 0 Å². The topological polar surface area (TPSA) is 26.3 Å². The molecule has 0 amide bonds. The van der Waals surface area contributed by atoms with Crippen molar-refractivity contribution in [3.05, 3.63) is 39.9 Å². The summed E-state index contributed by atoms with van der Waals surface area (Å²) in [6, 6.07) is 4.44. The highest BCUT2D eigenvalue weighted by molar-refractivity contribution is 9.16. The lowest BCUT2D eigenvalue weighted by Gasteiger charge is -2.08. The van der Waals surface area contributed by atoms with E-state index < -0.39 is 17.7 Å². The molecule has 0 bridgehead atoms. The molecule has 0 saturated heterocycles. The Labute approximate surface area is 124 Å². The molecule has 1 aromatic rings. The van der Waals surface area contributed by atoms with Gasteiger partial charge < -0.3 is 4.74 Å². The SMILES string of the molecule is CCOC(=O)C(Br)=C(Br)c1ccc(C(F)(F)F)cc1. The van der Waals surface area contributed by atoms with Gasteiger partial charge in [0.05, 0.1) is 12.2 Å². The zero-order chi connectivity index (χ0) is 14.6. The Morgan fingerprint density at radius 3 is 2.16 bits per heavy atom. The van der Waals surface area contributed by atoms with Crippen LogP contribution in [0.2, 0.25) is 0 Å². The van der Waals surface area contributed by atoms with Gasteiger partial charge in [0.1, 0.15) is 4.48 Å². The Morgan fingerprint density at radius 2 is 1.74 bits per heavy atom. The van der Waals surface area contributed by atoms with Gasteiger partial charge in [0.15, 0.2) is 0 Å². The van der Waals surface area contributed by atoms with E-state index in [1.807, 2.05) is 0 Å². The Morgan fingerprint density at radius 1 is 1.21 bits per heavy atom. The lowest BCUT2D eigenvalue weighted by molar-refractivity contribution is -0.138. The predicted molar refractivity (Wildman–Crippen MR) is 72.9 cm³/mol. The molecule has 19 heavy (non-hydrogen) atoms. The van der Waals surface area contributed by atoms with Crippen LogP contribution in [0.1, 0.15) is 18.1 Å². The third-order valence-electron chi connectivity index (χ3n) is 2.11. The van der Waals surface area contributed by atoms with Crippen molar-refractivity contribution in [2.24, 2.45) is 0 Å². The molecule has 0 heterocycles. The molecule has 0 radical (unpaired) electrons. The second-order valence-electron chi connectivity index (χ2n) is 3.42. The van der Waals surface area contributed by atoms with Gasteiger partial charge >= 0.3 is 12.1 Å². The van der Waals surface area contributed by atoms with E-state index in [2.05, 4.69) is 31.9 Å². The van der Waals surface area contributed by atoms with E-state index in [0.29, 0.717) is 10.0 Å². The van der Waals surface area contributed by atoms with Crippen LogP contribution in [0.25, 0.3) is 4.48 Å². The standard InChI is InChI=1S/C12H9Br2F3O2/c1-2-19-11(18)10(14)9(13)7-3-5-8(6-4-7)12(15,16)17/h3-6H,2H2,1H3. The summed E-state index contributed by atoms with van der Waals surface area (Å²) >= 11 is 6.19. The smallest absolute Gasteiger partial charge is 0.416 e. The first-order valence-corrected chi connectivity index (χ1v) is 6.76. The summed E-state index contributed by atoms with van der Waals surface area (Å²) in [4.78, 5) is 11.4. The predicted octanol–water partition coefficient (Wildman–Crippen LogP) is 4.73. The van der Waals surface area contributed by atoms with Crippen LogP contribution in [0, 0.1) is 0 Å². The highest BCUT2D eigenvalue weighted by Crippen LogP contribution is 2.33. The van der Waals surface area contributed by atoms with Crippen LogP contribution in [0.5, 0.6) is 0 Å². The van der Waals surface area contributed by atoms with Gasteiger partial charge in [-0.2, -0.15) is 13.2 Å². The summed E-state index contributed by atoms with van der Waals surface area (Å²) in [6.07, 6.45) is -4.38. The van der Waals surface area contributed by atoms with Crippen molar-refractivity contribution >= 4 is 42.3 Å². The van der Waals surface area contributed by atoms with Crippen molar-refractivity contribution < 1.29 is 22.7 Å². The number of carbonyl (C=O) groups excluding carboxylic acids is 1. The maximum Gasteiger partial charge on any atom is 0.416 e. The summed E-state index contributed by atoms with van der Waals surface area (Å²) in [5.41, 5.74) is -0.309. The van der Waals surface area contributed by atoms with Crippen LogP contribution in [-0.4, -0.2) is 12.6 Å². The molecule has 1 aromatic carbocycles. The van der Waals surface area contributed by atoms with E-state index in [1.165, 1.54) is 12.1 Å². The zero-order valence-electron chi connectivity index (χ0n) is 9.72. The van der Waals surface area contributed by atoms with Gasteiger partial charge in [-0.25, -0.2) is 4.79 Å². The summed E-state index contributed by atoms with van der Waals surface area (Å²) in [5.74, 6) is -0.589. The average Bonchev–Trinajstić information content (AvgIpc) is 2.36. The normalized spacial score (nSPS) is 12.9. The van der Waals surface area contributed by atoms with Crippen LogP contribution < -0.4 is 0 Å². The van der Waals surface area contributed by atoms with E-state index in [0.717, 1.165) is 12.1 Å². The zero-order valence-corrected chi connectivity index (χ0v) is 12.9. The van der Waals surface area contributed by atoms with Crippen molar-refractivity contribution in [1.82, 2.24) is 0 Å². The van der Waals surface area contributed by atoms with Crippen molar-refractivity contribution in [1.29, 1.82) is 0 Å². The molecule has 0 unspecified atom stereocenters. The number of benzene rings is 1. The minimum atomic E-state index is -4.38. The van der Waals surface area contributed by atoms with Crippen LogP contribution in [0.4, 0.5) is 13.2 Å². The molecule has 0 fully saturated rings. The van der Waals surface area contributed by atoms with Crippen molar-refractivity contribution in [3.63, 3.8) is 0 Å². The molecule has 1 rings (SSSR count). The Hall–Kier alpha value is -0.820. The third-order valence-corrected chi connectivity index (χ3v) is 4.22. The quantitative estimate of drug-likeness (QED) is 0.540. The molecule has 0 N–H and O–H groups in total. The van der Waals surface area contributed by atoms with E-state index in [9.17, 15) is 18.0 Å². The summed E-state index contributed by atoms with van der Waals surface area (Å²) < 4.78 is 42.4. The molecule has 2 nitrogen and oxygen atoms in total. The Bertz CT molecular complexity index is 493. The Kier molecular flexibility index (Phi) is 5.61. The minimum absolute atomic E-state index is 0.120. The first kappa shape index (κ1) is 16.2. The van der Waals surface area contributed by atoms with E-state index in [-0.39, 0.29) is 11.1 Å². The molecule has 0 aliphatic rings. The molecule has 7 heteroatoms. The summed E-state index contributed by atoms with van der Waals surface area (Å²) in [7, 11) is 0. The fraction of sp³-hybridized carbons (Fsp3) is 0.250. The molecule has 0 aliphatic heterocycles. The number of esters is 1. The minimum Gasteiger partial charge on any atom is -0.462 e.